The number of unbranched alkanes of at least 4 members (excludes halogenated alkanes) is 1. The third-order valence-electron chi connectivity index (χ3n) is 1.73. The molecule has 0 aliphatic carbocycles. The molecule has 0 aromatic rings. The van der Waals surface area contributed by atoms with Crippen LogP contribution in [0.25, 0.3) is 0 Å². The Hall–Kier alpha value is -0.130. The van der Waals surface area contributed by atoms with Crippen molar-refractivity contribution in [3.8, 4) is 0 Å². The third kappa shape index (κ3) is 12.1. The summed E-state index contributed by atoms with van der Waals surface area (Å²) < 4.78 is 22.6. The molecule has 0 amide bonds. The zero-order chi connectivity index (χ0) is 13.0. The maximum atomic E-state index is 11.3. The fourth-order valence-electron chi connectivity index (χ4n) is 0.943. The van der Waals surface area contributed by atoms with Crippen LogP contribution in [0.1, 0.15) is 19.8 Å². The first-order chi connectivity index (χ1) is 8.12. The molecule has 0 aliphatic rings. The van der Waals surface area contributed by atoms with Gasteiger partial charge in [-0.25, -0.2) is 8.42 Å². The van der Waals surface area contributed by atoms with Gasteiger partial charge in [0.2, 0.25) is 0 Å². The van der Waals surface area contributed by atoms with Crippen molar-refractivity contribution in [2.75, 3.05) is 17.3 Å². The highest BCUT2D eigenvalue weighted by Crippen LogP contribution is 2.22. The molecule has 0 atom stereocenters. The van der Waals surface area contributed by atoms with Crippen LogP contribution in [0.5, 0.6) is 0 Å². The molecule has 0 saturated heterocycles. The van der Waals surface area contributed by atoms with Gasteiger partial charge < -0.3 is 0 Å². The van der Waals surface area contributed by atoms with E-state index in [1.54, 1.807) is 27.7 Å². The van der Waals surface area contributed by atoms with E-state index in [0.717, 1.165) is 12.2 Å². The van der Waals surface area contributed by atoms with E-state index in [1.165, 1.54) is 12.5 Å². The quantitative estimate of drug-likeness (QED) is 0.348. The normalized spacial score (nSPS) is 12.5. The van der Waals surface area contributed by atoms with Crippen LogP contribution in [0.3, 0.4) is 0 Å². The van der Waals surface area contributed by atoms with E-state index < -0.39 is 9.84 Å². The van der Waals surface area contributed by atoms with Crippen LogP contribution in [0.4, 0.5) is 0 Å². The van der Waals surface area contributed by atoms with E-state index in [0.29, 0.717) is 0 Å². The summed E-state index contributed by atoms with van der Waals surface area (Å²) in [5.74, 6) is 1.10. The molecule has 0 bridgehead atoms. The van der Waals surface area contributed by atoms with Gasteiger partial charge in [-0.3, -0.25) is 0 Å². The molecule has 0 spiro atoms. The van der Waals surface area contributed by atoms with Crippen LogP contribution >= 0.6 is 21.6 Å². The Morgan fingerprint density at radius 1 is 1.18 bits per heavy atom. The summed E-state index contributed by atoms with van der Waals surface area (Å²) in [4.78, 5) is 0. The fourth-order valence-corrected chi connectivity index (χ4v) is 3.44. The second-order valence-corrected chi connectivity index (χ2v) is 7.85. The van der Waals surface area contributed by atoms with Gasteiger partial charge in [-0.1, -0.05) is 59.2 Å². The Morgan fingerprint density at radius 3 is 2.59 bits per heavy atom. The van der Waals surface area contributed by atoms with Crippen LogP contribution in [-0.4, -0.2) is 25.7 Å². The average molecular weight is 292 g/mol. The molecule has 98 valence electrons. The lowest BCUT2D eigenvalue weighted by Crippen LogP contribution is -2.06. The Bertz CT molecular complexity index is 343. The number of sulfone groups is 1. The molecule has 2 nitrogen and oxygen atoms in total. The molecule has 0 rings (SSSR count). The molecule has 0 fully saturated rings. The molecule has 0 aliphatic heterocycles. The number of hydrogen-bond donors (Lipinski definition) is 0. The van der Waals surface area contributed by atoms with E-state index in [1.807, 2.05) is 5.41 Å². The highest BCUT2D eigenvalue weighted by molar-refractivity contribution is 8.77. The monoisotopic (exact) mass is 292 g/mol. The Kier molecular flexibility index (Phi) is 10.9. The van der Waals surface area contributed by atoms with Gasteiger partial charge in [0.1, 0.15) is 0 Å². The van der Waals surface area contributed by atoms with Gasteiger partial charge in [0.05, 0.1) is 11.5 Å². The zero-order valence-electron chi connectivity index (χ0n) is 10.2. The van der Waals surface area contributed by atoms with Crippen molar-refractivity contribution in [1.29, 1.82) is 0 Å². The van der Waals surface area contributed by atoms with E-state index in [4.69, 9.17) is 0 Å². The van der Waals surface area contributed by atoms with E-state index in [-0.39, 0.29) is 11.5 Å². The average Bonchev–Trinajstić information content (AvgIpc) is 2.27. The zero-order valence-corrected chi connectivity index (χ0v) is 12.6. The minimum Gasteiger partial charge on any atom is -0.228 e. The molecule has 17 heavy (non-hydrogen) atoms. The highest BCUT2D eigenvalue weighted by Gasteiger charge is 2.03. The van der Waals surface area contributed by atoms with Crippen LogP contribution < -0.4 is 0 Å². The summed E-state index contributed by atoms with van der Waals surface area (Å²) in [5.41, 5.74) is 0. The van der Waals surface area contributed by atoms with Crippen LogP contribution in [0.2, 0.25) is 0 Å². The van der Waals surface area contributed by atoms with Crippen molar-refractivity contribution in [3.05, 3.63) is 36.3 Å². The van der Waals surface area contributed by atoms with Crippen molar-refractivity contribution >= 4 is 31.4 Å². The Labute approximate surface area is 113 Å². The predicted molar refractivity (Wildman–Crippen MR) is 82.1 cm³/mol. The van der Waals surface area contributed by atoms with Crippen molar-refractivity contribution in [3.63, 3.8) is 0 Å². The second-order valence-electron chi connectivity index (χ2n) is 3.38. The van der Waals surface area contributed by atoms with E-state index in [2.05, 4.69) is 25.7 Å². The summed E-state index contributed by atoms with van der Waals surface area (Å²) in [5, 5.41) is 1.83. The Morgan fingerprint density at radius 2 is 1.94 bits per heavy atom. The number of hydrogen-bond acceptors (Lipinski definition) is 4. The standard InChI is InChI=1S/C12H20O2S3/c1-3-5-6-7-9-15-16-10-8-12-17(13,14)11-4-2/h4,6-8,10H,2-3,5,9,11-12H2,1H3. The minimum absolute atomic E-state index is 0.0505. The molecule has 0 N–H and O–H groups in total. The second kappa shape index (κ2) is 11.0. The maximum Gasteiger partial charge on any atom is 0.157 e. The van der Waals surface area contributed by atoms with Crippen LogP contribution in [-0.2, 0) is 9.84 Å². The molecule has 0 unspecified atom stereocenters. The summed E-state index contributed by atoms with van der Waals surface area (Å²) in [6, 6.07) is 0. The largest absolute Gasteiger partial charge is 0.228 e. The van der Waals surface area contributed by atoms with Gasteiger partial charge in [0.25, 0.3) is 0 Å². The summed E-state index contributed by atoms with van der Waals surface area (Å²) in [6.07, 6.45) is 9.72. The molecule has 0 heterocycles. The van der Waals surface area contributed by atoms with Gasteiger partial charge >= 0.3 is 0 Å². The summed E-state index contributed by atoms with van der Waals surface area (Å²) >= 11 is 0. The number of rotatable bonds is 10. The Balaban J connectivity index is 3.58. The molecule has 0 aromatic carbocycles. The molecular weight excluding hydrogens is 272 g/mol. The fraction of sp³-hybridized carbons (Fsp3) is 0.500. The van der Waals surface area contributed by atoms with Gasteiger partial charge in [-0.05, 0) is 11.8 Å². The molecule has 5 heteroatoms. The van der Waals surface area contributed by atoms with Crippen LogP contribution in [0, 0.1) is 0 Å². The smallest absolute Gasteiger partial charge is 0.157 e. The van der Waals surface area contributed by atoms with Crippen molar-refractivity contribution in [1.82, 2.24) is 0 Å². The SMILES string of the molecule is C=CCS(=O)(=O)CC=CSSCC=CCCC. The third-order valence-corrected chi connectivity index (χ3v) is 5.09. The summed E-state index contributed by atoms with van der Waals surface area (Å²) in [6.45, 7) is 5.57. The molecule has 0 aromatic heterocycles. The van der Waals surface area contributed by atoms with E-state index >= 15 is 0 Å². The summed E-state index contributed by atoms with van der Waals surface area (Å²) in [7, 11) is 0.283. The predicted octanol–water partition coefficient (Wildman–Crippen LogP) is 3.84. The van der Waals surface area contributed by atoms with Crippen molar-refractivity contribution in [2.24, 2.45) is 0 Å². The lowest BCUT2D eigenvalue weighted by molar-refractivity contribution is 0.602. The first-order valence-corrected chi connectivity index (χ1v) is 9.72. The minimum atomic E-state index is -2.98. The van der Waals surface area contributed by atoms with Gasteiger partial charge in [-0.15, -0.1) is 6.58 Å². The topological polar surface area (TPSA) is 34.1 Å². The molecule has 0 radical (unpaired) electrons. The molecular formula is C12H20O2S3. The maximum absolute atomic E-state index is 11.3. The first kappa shape index (κ1) is 16.9. The first-order valence-electron chi connectivity index (χ1n) is 5.52. The van der Waals surface area contributed by atoms with Crippen molar-refractivity contribution in [2.45, 2.75) is 19.8 Å². The number of allylic oxidation sites excluding steroid dienone is 1. The van der Waals surface area contributed by atoms with Gasteiger partial charge in [0, 0.05) is 5.75 Å². The molecule has 0 saturated carbocycles. The van der Waals surface area contributed by atoms with Crippen molar-refractivity contribution < 1.29 is 8.42 Å². The lowest BCUT2D eigenvalue weighted by Gasteiger charge is -1.95. The highest BCUT2D eigenvalue weighted by atomic mass is 33.1. The van der Waals surface area contributed by atoms with Gasteiger partial charge in [0.15, 0.2) is 9.84 Å². The van der Waals surface area contributed by atoms with Gasteiger partial charge in [-0.2, -0.15) is 0 Å². The van der Waals surface area contributed by atoms with Crippen LogP contribution in [0.15, 0.2) is 36.3 Å². The van der Waals surface area contributed by atoms with E-state index in [9.17, 15) is 8.42 Å². The lowest BCUT2D eigenvalue weighted by atomic mass is 10.3.